The molecular weight excluding hydrogens is 262 g/mol. The van der Waals surface area contributed by atoms with E-state index in [1.165, 1.54) is 10.4 Å². The Morgan fingerprint density at radius 1 is 1.53 bits per heavy atom. The fourth-order valence-electron chi connectivity index (χ4n) is 1.39. The number of nitrogens with zero attached hydrogens (tertiary/aromatic N) is 1. The van der Waals surface area contributed by atoms with E-state index in [0.717, 1.165) is 11.3 Å². The van der Waals surface area contributed by atoms with Crippen molar-refractivity contribution in [3.63, 3.8) is 0 Å². The molecule has 0 aliphatic carbocycles. The molecule has 0 saturated carbocycles. The van der Waals surface area contributed by atoms with Crippen molar-refractivity contribution in [2.75, 3.05) is 6.54 Å². The van der Waals surface area contributed by atoms with Crippen molar-refractivity contribution in [2.24, 2.45) is 0 Å². The van der Waals surface area contributed by atoms with Gasteiger partial charge in [-0.3, -0.25) is 4.79 Å². The van der Waals surface area contributed by atoms with Crippen molar-refractivity contribution in [2.45, 2.75) is 30.5 Å². The number of carboxylic acid groups (broad SMARTS) is 1. The fourth-order valence-corrected chi connectivity index (χ4v) is 4.14. The summed E-state index contributed by atoms with van der Waals surface area (Å²) in [6.07, 6.45) is -0.192. The van der Waals surface area contributed by atoms with Gasteiger partial charge in [0, 0.05) is 12.6 Å². The molecule has 0 bridgehead atoms. The monoisotopic (exact) mass is 277 g/mol. The van der Waals surface area contributed by atoms with E-state index >= 15 is 0 Å². The molecule has 1 rings (SSSR count). The summed E-state index contributed by atoms with van der Waals surface area (Å²) in [6, 6.07) is 2.92. The quantitative estimate of drug-likeness (QED) is 0.857. The van der Waals surface area contributed by atoms with Gasteiger partial charge in [-0.15, -0.1) is 11.3 Å². The van der Waals surface area contributed by atoms with Crippen LogP contribution in [0.3, 0.4) is 0 Å². The van der Waals surface area contributed by atoms with Gasteiger partial charge in [-0.05, 0) is 25.3 Å². The van der Waals surface area contributed by atoms with Crippen LogP contribution >= 0.6 is 11.3 Å². The summed E-state index contributed by atoms with van der Waals surface area (Å²) in [5.74, 6) is -1.00. The van der Waals surface area contributed by atoms with E-state index in [1.54, 1.807) is 25.3 Å². The average Bonchev–Trinajstić information content (AvgIpc) is 2.69. The number of carboxylic acids is 1. The van der Waals surface area contributed by atoms with Crippen LogP contribution in [0.15, 0.2) is 21.7 Å². The third-order valence-electron chi connectivity index (χ3n) is 2.18. The minimum Gasteiger partial charge on any atom is -0.481 e. The summed E-state index contributed by atoms with van der Waals surface area (Å²) in [5.41, 5.74) is 0. The third-order valence-corrected chi connectivity index (χ3v) is 5.63. The summed E-state index contributed by atoms with van der Waals surface area (Å²) in [6.45, 7) is 3.45. The number of carbonyl (C=O) groups is 1. The Morgan fingerprint density at radius 3 is 2.59 bits per heavy atom. The van der Waals surface area contributed by atoms with Crippen LogP contribution < -0.4 is 0 Å². The summed E-state index contributed by atoms with van der Waals surface area (Å²) in [5, 5.41) is 10.3. The van der Waals surface area contributed by atoms with Crippen LogP contribution in [0.5, 0.6) is 0 Å². The summed E-state index contributed by atoms with van der Waals surface area (Å²) in [4.78, 5) is 10.5. The fraction of sp³-hybridized carbons (Fsp3) is 0.500. The van der Waals surface area contributed by atoms with Crippen molar-refractivity contribution in [3.05, 3.63) is 17.5 Å². The van der Waals surface area contributed by atoms with Gasteiger partial charge in [0.2, 0.25) is 0 Å². The molecule has 0 amide bonds. The predicted octanol–water partition coefficient (Wildman–Crippen LogP) is 1.62. The van der Waals surface area contributed by atoms with Gasteiger partial charge in [-0.25, -0.2) is 8.42 Å². The zero-order chi connectivity index (χ0) is 13.1. The number of sulfonamides is 1. The lowest BCUT2D eigenvalue weighted by Crippen LogP contribution is -2.38. The highest BCUT2D eigenvalue weighted by Crippen LogP contribution is 2.22. The van der Waals surface area contributed by atoms with Gasteiger partial charge < -0.3 is 5.11 Å². The molecular formula is C10H15NO4S2. The predicted molar refractivity (Wildman–Crippen MR) is 65.6 cm³/mol. The molecule has 1 heterocycles. The Morgan fingerprint density at radius 2 is 2.18 bits per heavy atom. The van der Waals surface area contributed by atoms with E-state index < -0.39 is 16.0 Å². The maximum Gasteiger partial charge on any atom is 0.304 e. The minimum atomic E-state index is -3.56. The lowest BCUT2D eigenvalue weighted by atomic mass is 10.3. The SMILES string of the molecule is CC(C)N(CCC(=O)O)S(=O)(=O)c1cccs1. The zero-order valence-electron chi connectivity index (χ0n) is 9.66. The van der Waals surface area contributed by atoms with Crippen LogP contribution in [-0.2, 0) is 14.8 Å². The average molecular weight is 277 g/mol. The van der Waals surface area contributed by atoms with Crippen LogP contribution in [0.25, 0.3) is 0 Å². The van der Waals surface area contributed by atoms with Gasteiger partial charge in [-0.2, -0.15) is 4.31 Å². The third kappa shape index (κ3) is 3.52. The van der Waals surface area contributed by atoms with Crippen molar-refractivity contribution < 1.29 is 18.3 Å². The number of hydrogen-bond acceptors (Lipinski definition) is 4. The van der Waals surface area contributed by atoms with Gasteiger partial charge in [-0.1, -0.05) is 6.07 Å². The molecule has 1 aromatic heterocycles. The molecule has 0 saturated heterocycles. The van der Waals surface area contributed by atoms with Crippen molar-refractivity contribution in [3.8, 4) is 0 Å². The Balaban J connectivity index is 2.95. The van der Waals surface area contributed by atoms with Crippen LogP contribution in [-0.4, -0.2) is 36.4 Å². The maximum atomic E-state index is 12.2. The van der Waals surface area contributed by atoms with Gasteiger partial charge in [0.05, 0.1) is 6.42 Å². The molecule has 0 unspecified atom stereocenters. The largest absolute Gasteiger partial charge is 0.481 e. The molecule has 0 atom stereocenters. The van der Waals surface area contributed by atoms with E-state index in [9.17, 15) is 13.2 Å². The minimum absolute atomic E-state index is 0.00671. The van der Waals surface area contributed by atoms with Crippen molar-refractivity contribution in [1.82, 2.24) is 4.31 Å². The first kappa shape index (κ1) is 14.1. The Labute approximate surface area is 105 Å². The first-order valence-electron chi connectivity index (χ1n) is 5.13. The molecule has 0 spiro atoms. The highest BCUT2D eigenvalue weighted by atomic mass is 32.2. The maximum absolute atomic E-state index is 12.2. The van der Waals surface area contributed by atoms with Crippen LogP contribution in [0.4, 0.5) is 0 Å². The van der Waals surface area contributed by atoms with E-state index in [2.05, 4.69) is 0 Å². The lowest BCUT2D eigenvalue weighted by Gasteiger charge is -2.24. The summed E-state index contributed by atoms with van der Waals surface area (Å²) in [7, 11) is -3.56. The second-order valence-corrected chi connectivity index (χ2v) is 6.85. The van der Waals surface area contributed by atoms with E-state index in [0.29, 0.717) is 0 Å². The van der Waals surface area contributed by atoms with Gasteiger partial charge >= 0.3 is 5.97 Å². The highest BCUT2D eigenvalue weighted by molar-refractivity contribution is 7.91. The Bertz CT molecular complexity index is 465. The second kappa shape index (κ2) is 5.61. The Kier molecular flexibility index (Phi) is 4.67. The molecule has 1 aromatic rings. The zero-order valence-corrected chi connectivity index (χ0v) is 11.3. The van der Waals surface area contributed by atoms with Gasteiger partial charge in [0.15, 0.2) is 0 Å². The molecule has 96 valence electrons. The first-order valence-corrected chi connectivity index (χ1v) is 7.45. The van der Waals surface area contributed by atoms with E-state index in [1.807, 2.05) is 0 Å². The number of thiophene rings is 1. The second-order valence-electron chi connectivity index (χ2n) is 3.79. The molecule has 0 radical (unpaired) electrons. The van der Waals surface area contributed by atoms with E-state index in [4.69, 9.17) is 5.11 Å². The van der Waals surface area contributed by atoms with Crippen LogP contribution in [0, 0.1) is 0 Å². The van der Waals surface area contributed by atoms with Gasteiger partial charge in [0.1, 0.15) is 4.21 Å². The number of hydrogen-bond donors (Lipinski definition) is 1. The van der Waals surface area contributed by atoms with Crippen molar-refractivity contribution >= 4 is 27.3 Å². The van der Waals surface area contributed by atoms with Gasteiger partial charge in [0.25, 0.3) is 10.0 Å². The molecule has 0 aliphatic rings. The topological polar surface area (TPSA) is 74.7 Å². The highest BCUT2D eigenvalue weighted by Gasteiger charge is 2.27. The smallest absolute Gasteiger partial charge is 0.304 e. The standard InChI is InChI=1S/C10H15NO4S2/c1-8(2)11(6-5-9(12)13)17(14,15)10-4-3-7-16-10/h3-4,7-8H,5-6H2,1-2H3,(H,12,13). The van der Waals surface area contributed by atoms with Crippen LogP contribution in [0.1, 0.15) is 20.3 Å². The molecule has 0 aliphatic heterocycles. The molecule has 7 heteroatoms. The molecule has 5 nitrogen and oxygen atoms in total. The molecule has 17 heavy (non-hydrogen) atoms. The van der Waals surface area contributed by atoms with Crippen molar-refractivity contribution in [1.29, 1.82) is 0 Å². The van der Waals surface area contributed by atoms with Crippen LogP contribution in [0.2, 0.25) is 0 Å². The molecule has 1 N–H and O–H groups in total. The number of aliphatic carboxylic acids is 1. The molecule has 0 aromatic carbocycles. The Hall–Kier alpha value is -0.920. The molecule has 0 fully saturated rings. The summed E-state index contributed by atoms with van der Waals surface area (Å²) >= 11 is 1.13. The first-order chi connectivity index (χ1) is 7.85. The number of rotatable bonds is 6. The normalized spacial score (nSPS) is 12.2. The lowest BCUT2D eigenvalue weighted by molar-refractivity contribution is -0.137. The van der Waals surface area contributed by atoms with E-state index in [-0.39, 0.29) is 23.2 Å². The summed E-state index contributed by atoms with van der Waals surface area (Å²) < 4.78 is 25.8.